The number of hydrogen-bond acceptors (Lipinski definition) is 4. The van der Waals surface area contributed by atoms with Crippen molar-refractivity contribution in [3.8, 4) is 5.75 Å². The molecule has 4 nitrogen and oxygen atoms in total. The minimum Gasteiger partial charge on any atom is -0.493 e. The van der Waals surface area contributed by atoms with Crippen LogP contribution in [0, 0.1) is 0 Å². The molecule has 114 valence electrons. The van der Waals surface area contributed by atoms with Crippen LogP contribution < -0.4 is 10.1 Å². The van der Waals surface area contributed by atoms with Gasteiger partial charge in [-0.1, -0.05) is 12.1 Å². The summed E-state index contributed by atoms with van der Waals surface area (Å²) in [4.78, 5) is 5.29. The lowest BCUT2D eigenvalue weighted by Gasteiger charge is -2.32. The largest absolute Gasteiger partial charge is 0.493 e. The van der Waals surface area contributed by atoms with Crippen molar-refractivity contribution in [3.63, 3.8) is 0 Å². The average molecular weight is 287 g/mol. The molecule has 4 heteroatoms. The first-order valence-corrected chi connectivity index (χ1v) is 8.30. The Morgan fingerprint density at radius 1 is 1.19 bits per heavy atom. The molecule has 21 heavy (non-hydrogen) atoms. The van der Waals surface area contributed by atoms with Gasteiger partial charge in [-0.25, -0.2) is 0 Å². The zero-order valence-corrected chi connectivity index (χ0v) is 12.7. The number of likely N-dealkylation sites (tertiary alicyclic amines) is 1. The van der Waals surface area contributed by atoms with Gasteiger partial charge >= 0.3 is 0 Å². The SMILES string of the molecule is c1cc2c(cc1CN1CCC(N3CCNCC3)C1)CCO2. The van der Waals surface area contributed by atoms with Gasteiger partial charge in [0.15, 0.2) is 0 Å². The van der Waals surface area contributed by atoms with Gasteiger partial charge in [-0.15, -0.1) is 0 Å². The monoisotopic (exact) mass is 287 g/mol. The number of rotatable bonds is 3. The molecule has 0 bridgehead atoms. The van der Waals surface area contributed by atoms with E-state index in [2.05, 4.69) is 33.3 Å². The van der Waals surface area contributed by atoms with E-state index >= 15 is 0 Å². The van der Waals surface area contributed by atoms with E-state index in [1.807, 2.05) is 0 Å². The lowest BCUT2D eigenvalue weighted by molar-refractivity contribution is 0.170. The van der Waals surface area contributed by atoms with E-state index in [9.17, 15) is 0 Å². The molecule has 0 saturated carbocycles. The molecular weight excluding hydrogens is 262 g/mol. The molecule has 0 aliphatic carbocycles. The highest BCUT2D eigenvalue weighted by Gasteiger charge is 2.28. The highest BCUT2D eigenvalue weighted by Crippen LogP contribution is 2.27. The van der Waals surface area contributed by atoms with Gasteiger partial charge in [-0.3, -0.25) is 9.80 Å². The molecule has 1 N–H and O–H groups in total. The Balaban J connectivity index is 1.35. The molecule has 0 aromatic heterocycles. The van der Waals surface area contributed by atoms with Crippen molar-refractivity contribution in [1.29, 1.82) is 0 Å². The summed E-state index contributed by atoms with van der Waals surface area (Å²) >= 11 is 0. The van der Waals surface area contributed by atoms with E-state index in [0.717, 1.165) is 44.5 Å². The first-order valence-electron chi connectivity index (χ1n) is 8.30. The smallest absolute Gasteiger partial charge is 0.122 e. The number of ether oxygens (including phenoxy) is 1. The van der Waals surface area contributed by atoms with Crippen LogP contribution in [0.4, 0.5) is 0 Å². The maximum Gasteiger partial charge on any atom is 0.122 e. The molecule has 1 aromatic rings. The van der Waals surface area contributed by atoms with E-state index in [0.29, 0.717) is 0 Å². The van der Waals surface area contributed by atoms with Crippen molar-refractivity contribution < 1.29 is 4.74 Å². The topological polar surface area (TPSA) is 27.7 Å². The van der Waals surface area contributed by atoms with E-state index in [1.54, 1.807) is 0 Å². The minimum absolute atomic E-state index is 0.768. The second-order valence-electron chi connectivity index (χ2n) is 6.50. The molecule has 3 aliphatic heterocycles. The number of benzene rings is 1. The Kier molecular flexibility index (Phi) is 3.84. The standard InChI is InChI=1S/C17H25N3O/c1-2-17-15(4-10-21-17)11-14(1)12-19-7-3-16(13-19)20-8-5-18-6-9-20/h1-2,11,16,18H,3-10,12-13H2. The quantitative estimate of drug-likeness (QED) is 0.901. The van der Waals surface area contributed by atoms with Gasteiger partial charge in [0.2, 0.25) is 0 Å². The van der Waals surface area contributed by atoms with Gasteiger partial charge in [0.05, 0.1) is 6.61 Å². The fraction of sp³-hybridized carbons (Fsp3) is 0.647. The molecule has 3 heterocycles. The minimum atomic E-state index is 0.768. The van der Waals surface area contributed by atoms with Crippen LogP contribution in [0.15, 0.2) is 18.2 Å². The summed E-state index contributed by atoms with van der Waals surface area (Å²) < 4.78 is 5.59. The van der Waals surface area contributed by atoms with Gasteiger partial charge in [-0.05, 0) is 23.6 Å². The summed E-state index contributed by atoms with van der Waals surface area (Å²) in [5, 5.41) is 3.45. The third-order valence-corrected chi connectivity index (χ3v) is 5.08. The van der Waals surface area contributed by atoms with Crippen LogP contribution in [0.25, 0.3) is 0 Å². The second-order valence-corrected chi connectivity index (χ2v) is 6.50. The number of nitrogens with zero attached hydrogens (tertiary/aromatic N) is 2. The highest BCUT2D eigenvalue weighted by molar-refractivity contribution is 5.39. The van der Waals surface area contributed by atoms with Crippen molar-refractivity contribution in [1.82, 2.24) is 15.1 Å². The zero-order chi connectivity index (χ0) is 14.1. The third kappa shape index (κ3) is 2.93. The van der Waals surface area contributed by atoms with Gasteiger partial charge in [-0.2, -0.15) is 0 Å². The van der Waals surface area contributed by atoms with E-state index in [1.165, 1.54) is 43.7 Å². The van der Waals surface area contributed by atoms with Gasteiger partial charge in [0.1, 0.15) is 5.75 Å². The van der Waals surface area contributed by atoms with E-state index in [4.69, 9.17) is 4.74 Å². The molecule has 2 saturated heterocycles. The molecule has 4 rings (SSSR count). The molecule has 3 aliphatic rings. The van der Waals surface area contributed by atoms with Crippen molar-refractivity contribution in [2.24, 2.45) is 0 Å². The predicted octanol–water partition coefficient (Wildman–Crippen LogP) is 1.10. The van der Waals surface area contributed by atoms with Crippen molar-refractivity contribution in [2.45, 2.75) is 25.4 Å². The molecule has 1 unspecified atom stereocenters. The van der Waals surface area contributed by atoms with Crippen molar-refractivity contribution in [3.05, 3.63) is 29.3 Å². The zero-order valence-electron chi connectivity index (χ0n) is 12.7. The number of hydrogen-bond donors (Lipinski definition) is 1. The van der Waals surface area contributed by atoms with Crippen LogP contribution in [-0.4, -0.2) is 61.7 Å². The van der Waals surface area contributed by atoms with Crippen LogP contribution in [-0.2, 0) is 13.0 Å². The van der Waals surface area contributed by atoms with Crippen molar-refractivity contribution in [2.75, 3.05) is 45.9 Å². The third-order valence-electron chi connectivity index (χ3n) is 5.08. The molecule has 1 atom stereocenters. The first kappa shape index (κ1) is 13.6. The molecule has 0 amide bonds. The summed E-state index contributed by atoms with van der Waals surface area (Å²) in [5.41, 5.74) is 2.84. The van der Waals surface area contributed by atoms with E-state index in [-0.39, 0.29) is 0 Å². The van der Waals surface area contributed by atoms with Crippen LogP contribution in [0.3, 0.4) is 0 Å². The van der Waals surface area contributed by atoms with Crippen LogP contribution in [0.2, 0.25) is 0 Å². The Bertz CT molecular complexity index is 499. The average Bonchev–Trinajstić information content (AvgIpc) is 3.17. The predicted molar refractivity (Wildman–Crippen MR) is 83.8 cm³/mol. The molecule has 1 aromatic carbocycles. The summed E-state index contributed by atoms with van der Waals surface area (Å²) in [6, 6.07) is 7.51. The Labute approximate surface area is 127 Å². The van der Waals surface area contributed by atoms with Crippen molar-refractivity contribution >= 4 is 0 Å². The fourth-order valence-corrected chi connectivity index (χ4v) is 3.90. The lowest BCUT2D eigenvalue weighted by atomic mass is 10.1. The van der Waals surface area contributed by atoms with Crippen LogP contribution >= 0.6 is 0 Å². The maximum absolute atomic E-state index is 5.59. The summed E-state index contributed by atoms with van der Waals surface area (Å²) in [5.74, 6) is 1.10. The lowest BCUT2D eigenvalue weighted by Crippen LogP contribution is -2.49. The summed E-state index contributed by atoms with van der Waals surface area (Å²) in [6.07, 6.45) is 2.40. The fourth-order valence-electron chi connectivity index (χ4n) is 3.90. The first-order chi connectivity index (χ1) is 10.4. The summed E-state index contributed by atoms with van der Waals surface area (Å²) in [6.45, 7) is 9.16. The molecular formula is C17H25N3O. The van der Waals surface area contributed by atoms with E-state index < -0.39 is 0 Å². The second kappa shape index (κ2) is 5.95. The highest BCUT2D eigenvalue weighted by atomic mass is 16.5. The summed E-state index contributed by atoms with van der Waals surface area (Å²) in [7, 11) is 0. The molecule has 0 radical (unpaired) electrons. The molecule has 0 spiro atoms. The van der Waals surface area contributed by atoms with Gasteiger partial charge < -0.3 is 10.1 Å². The maximum atomic E-state index is 5.59. The Hall–Kier alpha value is -1.10. The normalized spacial score (nSPS) is 26.8. The van der Waals surface area contributed by atoms with Crippen LogP contribution in [0.1, 0.15) is 17.5 Å². The Morgan fingerprint density at radius 3 is 3.00 bits per heavy atom. The van der Waals surface area contributed by atoms with Crippen LogP contribution in [0.5, 0.6) is 5.75 Å². The molecule has 2 fully saturated rings. The van der Waals surface area contributed by atoms with Gasteiger partial charge in [0, 0.05) is 58.3 Å². The number of piperazine rings is 1. The Morgan fingerprint density at radius 2 is 2.10 bits per heavy atom. The number of fused-ring (bicyclic) bond motifs is 1. The van der Waals surface area contributed by atoms with Gasteiger partial charge in [0.25, 0.3) is 0 Å². The number of nitrogens with one attached hydrogen (secondary N) is 1.